The van der Waals surface area contributed by atoms with Crippen molar-refractivity contribution in [1.82, 2.24) is 10.2 Å². The van der Waals surface area contributed by atoms with Crippen LogP contribution in [0.5, 0.6) is 0 Å². The minimum absolute atomic E-state index is 0.00282. The second-order valence-electron chi connectivity index (χ2n) is 4.77. The van der Waals surface area contributed by atoms with Crippen molar-refractivity contribution >= 4 is 34.6 Å². The molecule has 0 bridgehead atoms. The molecule has 0 aliphatic heterocycles. The molecule has 0 saturated carbocycles. The Morgan fingerprint density at radius 3 is 2.55 bits per heavy atom. The van der Waals surface area contributed by atoms with Crippen molar-refractivity contribution in [3.8, 4) is 0 Å². The molecule has 0 radical (unpaired) electrons. The molecule has 0 saturated heterocycles. The number of hydrogen-bond acceptors (Lipinski definition) is 4. The van der Waals surface area contributed by atoms with E-state index in [4.69, 9.17) is 5.73 Å². The summed E-state index contributed by atoms with van der Waals surface area (Å²) in [5.74, 6) is 0.00282. The molecule has 1 atom stereocenters. The summed E-state index contributed by atoms with van der Waals surface area (Å²) < 4.78 is 0. The standard InChI is InChI=1S/C15H19N3O2S2/c1-2-18(10-11-5-3-7-21-11)14(19)9-12(17-15(16)20)13-6-4-8-22-13/h3-8,12H,2,9-10H2,1H3,(H3,16,17,20). The molecular formula is C15H19N3O2S2. The van der Waals surface area contributed by atoms with E-state index < -0.39 is 6.03 Å². The third-order valence-electron chi connectivity index (χ3n) is 3.24. The van der Waals surface area contributed by atoms with E-state index in [9.17, 15) is 9.59 Å². The minimum atomic E-state index is -0.618. The van der Waals surface area contributed by atoms with Crippen LogP contribution in [-0.2, 0) is 11.3 Å². The summed E-state index contributed by atoms with van der Waals surface area (Å²) in [4.78, 5) is 27.6. The Morgan fingerprint density at radius 1 is 1.27 bits per heavy atom. The van der Waals surface area contributed by atoms with E-state index in [0.717, 1.165) is 9.75 Å². The number of rotatable bonds is 7. The predicted molar refractivity (Wildman–Crippen MR) is 89.8 cm³/mol. The smallest absolute Gasteiger partial charge is 0.312 e. The summed E-state index contributed by atoms with van der Waals surface area (Å²) in [6.07, 6.45) is 0.211. The Kier molecular flexibility index (Phi) is 5.97. The number of nitrogens with two attached hydrogens (primary N) is 1. The van der Waals surface area contributed by atoms with Crippen molar-refractivity contribution in [3.05, 3.63) is 44.8 Å². The lowest BCUT2D eigenvalue weighted by Crippen LogP contribution is -2.37. The van der Waals surface area contributed by atoms with Gasteiger partial charge in [-0.15, -0.1) is 22.7 Å². The Morgan fingerprint density at radius 2 is 2.00 bits per heavy atom. The highest BCUT2D eigenvalue weighted by Crippen LogP contribution is 2.23. The van der Waals surface area contributed by atoms with Crippen LogP contribution in [0.1, 0.15) is 29.1 Å². The van der Waals surface area contributed by atoms with Gasteiger partial charge in [0.1, 0.15) is 0 Å². The van der Waals surface area contributed by atoms with Gasteiger partial charge < -0.3 is 16.0 Å². The van der Waals surface area contributed by atoms with Crippen molar-refractivity contribution in [2.75, 3.05) is 6.54 Å². The molecule has 2 heterocycles. The summed E-state index contributed by atoms with van der Waals surface area (Å²) in [5, 5.41) is 6.57. The Bertz CT molecular complexity index is 596. The van der Waals surface area contributed by atoms with Gasteiger partial charge in [0.2, 0.25) is 5.91 Å². The SMILES string of the molecule is CCN(Cc1cccs1)C(=O)CC(NC(N)=O)c1cccs1. The van der Waals surface area contributed by atoms with Crippen LogP contribution in [0.2, 0.25) is 0 Å². The first kappa shape index (κ1) is 16.5. The van der Waals surface area contributed by atoms with Crippen molar-refractivity contribution in [2.24, 2.45) is 5.73 Å². The number of carbonyl (C=O) groups is 2. The number of amides is 3. The van der Waals surface area contributed by atoms with Gasteiger partial charge in [-0.25, -0.2) is 4.79 Å². The highest BCUT2D eigenvalue weighted by molar-refractivity contribution is 7.10. The molecule has 22 heavy (non-hydrogen) atoms. The van der Waals surface area contributed by atoms with Gasteiger partial charge >= 0.3 is 6.03 Å². The van der Waals surface area contributed by atoms with E-state index in [-0.39, 0.29) is 18.4 Å². The van der Waals surface area contributed by atoms with Gasteiger partial charge in [0.25, 0.3) is 0 Å². The second kappa shape index (κ2) is 7.95. The number of primary amides is 1. The average Bonchev–Trinajstić information content (AvgIpc) is 3.16. The topological polar surface area (TPSA) is 75.4 Å². The van der Waals surface area contributed by atoms with Gasteiger partial charge in [-0.3, -0.25) is 4.79 Å². The van der Waals surface area contributed by atoms with Crippen LogP contribution in [-0.4, -0.2) is 23.4 Å². The van der Waals surface area contributed by atoms with E-state index in [1.165, 1.54) is 11.3 Å². The molecule has 0 aliphatic carbocycles. The molecule has 0 spiro atoms. The Balaban J connectivity index is 2.04. The summed E-state index contributed by atoms with van der Waals surface area (Å²) in [6, 6.07) is 6.78. The third-order valence-corrected chi connectivity index (χ3v) is 5.09. The second-order valence-corrected chi connectivity index (χ2v) is 6.78. The fourth-order valence-electron chi connectivity index (χ4n) is 2.15. The van der Waals surface area contributed by atoms with Gasteiger partial charge in [0.15, 0.2) is 0 Å². The van der Waals surface area contributed by atoms with Gasteiger partial charge in [-0.05, 0) is 29.8 Å². The van der Waals surface area contributed by atoms with Crippen molar-refractivity contribution in [3.63, 3.8) is 0 Å². The lowest BCUT2D eigenvalue weighted by Gasteiger charge is -2.23. The van der Waals surface area contributed by atoms with Crippen LogP contribution >= 0.6 is 22.7 Å². The molecule has 7 heteroatoms. The van der Waals surface area contributed by atoms with Gasteiger partial charge in [0.05, 0.1) is 19.0 Å². The molecule has 3 amide bonds. The molecule has 1 unspecified atom stereocenters. The fourth-order valence-corrected chi connectivity index (χ4v) is 3.65. The van der Waals surface area contributed by atoms with E-state index >= 15 is 0 Å². The molecule has 5 nitrogen and oxygen atoms in total. The van der Waals surface area contributed by atoms with Crippen molar-refractivity contribution in [2.45, 2.75) is 25.9 Å². The largest absolute Gasteiger partial charge is 0.352 e. The number of nitrogens with zero attached hydrogens (tertiary/aromatic N) is 1. The first-order chi connectivity index (χ1) is 10.6. The molecule has 118 valence electrons. The van der Waals surface area contributed by atoms with E-state index in [0.29, 0.717) is 13.1 Å². The van der Waals surface area contributed by atoms with Crippen LogP contribution in [0.4, 0.5) is 4.79 Å². The van der Waals surface area contributed by atoms with Crippen LogP contribution < -0.4 is 11.1 Å². The van der Waals surface area contributed by atoms with Crippen molar-refractivity contribution in [1.29, 1.82) is 0 Å². The maximum Gasteiger partial charge on any atom is 0.312 e. The molecule has 3 N–H and O–H groups in total. The van der Waals surface area contributed by atoms with Crippen molar-refractivity contribution < 1.29 is 9.59 Å². The summed E-state index contributed by atoms with van der Waals surface area (Å²) in [6.45, 7) is 3.18. The highest BCUT2D eigenvalue weighted by atomic mass is 32.1. The zero-order valence-corrected chi connectivity index (χ0v) is 14.0. The van der Waals surface area contributed by atoms with E-state index in [1.807, 2.05) is 41.9 Å². The number of nitrogens with one attached hydrogen (secondary N) is 1. The lowest BCUT2D eigenvalue weighted by atomic mass is 10.1. The molecule has 0 aromatic carbocycles. The summed E-state index contributed by atoms with van der Waals surface area (Å²) >= 11 is 3.13. The molecule has 2 aromatic heterocycles. The molecular weight excluding hydrogens is 318 g/mol. The maximum absolute atomic E-state index is 12.5. The third kappa shape index (κ3) is 4.57. The fraction of sp³-hybridized carbons (Fsp3) is 0.333. The minimum Gasteiger partial charge on any atom is -0.352 e. The first-order valence-electron chi connectivity index (χ1n) is 6.99. The number of hydrogen-bond donors (Lipinski definition) is 2. The van der Waals surface area contributed by atoms with Crippen LogP contribution in [0, 0.1) is 0 Å². The van der Waals surface area contributed by atoms with Gasteiger partial charge in [-0.2, -0.15) is 0 Å². The quantitative estimate of drug-likeness (QED) is 0.815. The zero-order valence-electron chi connectivity index (χ0n) is 12.3. The predicted octanol–water partition coefficient (Wildman–Crippen LogP) is 2.96. The van der Waals surface area contributed by atoms with E-state index in [1.54, 1.807) is 16.2 Å². The average molecular weight is 337 g/mol. The molecule has 2 aromatic rings. The first-order valence-corrected chi connectivity index (χ1v) is 8.75. The van der Waals surface area contributed by atoms with Crippen LogP contribution in [0.3, 0.4) is 0 Å². The van der Waals surface area contributed by atoms with Crippen LogP contribution in [0.25, 0.3) is 0 Å². The number of carbonyl (C=O) groups excluding carboxylic acids is 2. The monoisotopic (exact) mass is 337 g/mol. The molecule has 2 rings (SSSR count). The number of urea groups is 1. The maximum atomic E-state index is 12.5. The van der Waals surface area contributed by atoms with Gasteiger partial charge in [0, 0.05) is 16.3 Å². The summed E-state index contributed by atoms with van der Waals surface area (Å²) in [7, 11) is 0. The van der Waals surface area contributed by atoms with Gasteiger partial charge in [-0.1, -0.05) is 12.1 Å². The number of thiophene rings is 2. The molecule has 0 fully saturated rings. The highest BCUT2D eigenvalue weighted by Gasteiger charge is 2.21. The summed E-state index contributed by atoms with van der Waals surface area (Å²) in [5.41, 5.74) is 5.22. The Hall–Kier alpha value is -1.86. The Labute approximate surface area is 137 Å². The zero-order chi connectivity index (χ0) is 15.9. The van der Waals surface area contributed by atoms with E-state index in [2.05, 4.69) is 5.32 Å². The van der Waals surface area contributed by atoms with Crippen LogP contribution in [0.15, 0.2) is 35.0 Å². The lowest BCUT2D eigenvalue weighted by molar-refractivity contribution is -0.132. The molecule has 0 aliphatic rings. The normalized spacial score (nSPS) is 11.9.